The normalized spacial score (nSPS) is 18.5. The van der Waals surface area contributed by atoms with Gasteiger partial charge in [-0.05, 0) is 0 Å². The van der Waals surface area contributed by atoms with Gasteiger partial charge in [0, 0.05) is 24.3 Å². The fraction of sp³-hybridized carbons (Fsp3) is 0.200. The first kappa shape index (κ1) is 12.0. The van der Waals surface area contributed by atoms with Crippen LogP contribution in [0.25, 0.3) is 0 Å². The summed E-state index contributed by atoms with van der Waals surface area (Å²) in [6.07, 6.45) is 4.32. The maximum atomic E-state index is 12.1. The van der Waals surface area contributed by atoms with Crippen LogP contribution in [-0.4, -0.2) is 11.8 Å². The molecule has 0 saturated heterocycles. The van der Waals surface area contributed by atoms with E-state index in [0.717, 1.165) is 11.4 Å². The molecule has 0 aromatic carbocycles. The molecule has 4 heterocycles. The number of fused-ring (bicyclic) bond motifs is 4. The first-order valence-electron chi connectivity index (χ1n) is 6.81. The van der Waals surface area contributed by atoms with Crippen LogP contribution in [0.15, 0.2) is 48.8 Å². The highest BCUT2D eigenvalue weighted by atomic mass is 16.2. The summed E-state index contributed by atoms with van der Waals surface area (Å²) in [5, 5.41) is 5.86. The highest BCUT2D eigenvalue weighted by Crippen LogP contribution is 2.12. The van der Waals surface area contributed by atoms with Crippen molar-refractivity contribution in [2.24, 2.45) is 0 Å². The Balaban J connectivity index is 2.03. The van der Waals surface area contributed by atoms with Crippen molar-refractivity contribution in [3.05, 3.63) is 60.2 Å². The molecule has 0 radical (unpaired) electrons. The van der Waals surface area contributed by atoms with Gasteiger partial charge in [0.2, 0.25) is 23.2 Å². The number of rotatable bonds is 0. The van der Waals surface area contributed by atoms with E-state index in [9.17, 15) is 9.59 Å². The van der Waals surface area contributed by atoms with E-state index in [1.807, 2.05) is 57.9 Å². The van der Waals surface area contributed by atoms with Crippen molar-refractivity contribution in [3.63, 3.8) is 0 Å². The smallest absolute Gasteiger partial charge is 0.274 e. The highest BCUT2D eigenvalue weighted by Gasteiger charge is 2.60. The highest BCUT2D eigenvalue weighted by molar-refractivity contribution is 5.81. The van der Waals surface area contributed by atoms with Gasteiger partial charge in [-0.2, -0.15) is 0 Å². The Labute approximate surface area is 121 Å². The molecule has 6 nitrogen and oxygen atoms in total. The van der Waals surface area contributed by atoms with Crippen molar-refractivity contribution < 1.29 is 18.7 Å². The van der Waals surface area contributed by atoms with Crippen LogP contribution in [0.1, 0.15) is 11.4 Å². The lowest BCUT2D eigenvalue weighted by molar-refractivity contribution is -1.01. The molecule has 0 bridgehead atoms. The fourth-order valence-electron chi connectivity index (χ4n) is 3.07. The summed E-state index contributed by atoms with van der Waals surface area (Å²) >= 11 is 0. The Kier molecular flexibility index (Phi) is 2.35. The first-order valence-corrected chi connectivity index (χ1v) is 6.81. The zero-order chi connectivity index (χ0) is 14.4. The quantitative estimate of drug-likeness (QED) is 0.591. The summed E-state index contributed by atoms with van der Waals surface area (Å²) in [7, 11) is 0. The maximum absolute atomic E-state index is 12.1. The number of amides is 2. The summed E-state index contributed by atoms with van der Waals surface area (Å²) < 4.78 is 3.80. The van der Waals surface area contributed by atoms with Crippen LogP contribution in [0.2, 0.25) is 0 Å². The van der Waals surface area contributed by atoms with E-state index in [2.05, 4.69) is 10.6 Å². The van der Waals surface area contributed by atoms with E-state index in [4.69, 9.17) is 0 Å². The van der Waals surface area contributed by atoms with Gasteiger partial charge in [-0.1, -0.05) is 21.3 Å². The molecule has 2 aliphatic heterocycles. The van der Waals surface area contributed by atoms with Crippen LogP contribution in [0.3, 0.4) is 0 Å². The lowest BCUT2D eigenvalue weighted by Crippen LogP contribution is -2.92. The Morgan fingerprint density at radius 3 is 1.76 bits per heavy atom. The summed E-state index contributed by atoms with van der Waals surface area (Å²) in [4.78, 5) is 24.3. The van der Waals surface area contributed by atoms with E-state index in [0.29, 0.717) is 12.8 Å². The topological polar surface area (TPSA) is 66.0 Å². The van der Waals surface area contributed by atoms with E-state index < -0.39 is 5.91 Å². The third-order valence-electron chi connectivity index (χ3n) is 3.90. The van der Waals surface area contributed by atoms with Crippen molar-refractivity contribution in [2.75, 3.05) is 0 Å². The lowest BCUT2D eigenvalue weighted by atomic mass is 10.1. The van der Waals surface area contributed by atoms with Crippen LogP contribution in [0, 0.1) is 0 Å². The van der Waals surface area contributed by atoms with E-state index in [-0.39, 0.29) is 11.8 Å². The maximum Gasteiger partial charge on any atom is 0.543 e. The number of nitrogens with zero attached hydrogens (tertiary/aromatic N) is 2. The number of hydrogen-bond donors (Lipinski definition) is 2. The molecule has 2 aromatic heterocycles. The molecule has 6 heteroatoms. The molecule has 2 N–H and O–H groups in total. The molecule has 0 fully saturated rings. The SMILES string of the molecule is O=C1Cc2cccc[n+]2C2(N1)NC(=O)Cc1cccc[n+]12. The molecule has 2 amide bonds. The molecular formula is C15H14N4O2+2. The Hall–Kier alpha value is -2.76. The van der Waals surface area contributed by atoms with Gasteiger partial charge in [0.15, 0.2) is 12.4 Å². The van der Waals surface area contributed by atoms with Gasteiger partial charge >= 0.3 is 5.91 Å². The van der Waals surface area contributed by atoms with Crippen molar-refractivity contribution in [1.29, 1.82) is 0 Å². The molecule has 4 rings (SSSR count). The number of aromatic nitrogens is 2. The Bertz CT molecular complexity index is 706. The van der Waals surface area contributed by atoms with Gasteiger partial charge in [-0.3, -0.25) is 9.59 Å². The standard InChI is InChI=1S/C15H12N4O2/c20-13-9-11-5-1-3-7-18(11)15(16-13)17-14(21)10-12-6-2-4-8-19(12)15/h1-8H,9-10H2/p+2. The first-order chi connectivity index (χ1) is 10.2. The molecule has 2 aromatic rings. The third-order valence-corrected chi connectivity index (χ3v) is 3.90. The van der Waals surface area contributed by atoms with E-state index in [1.165, 1.54) is 0 Å². The summed E-state index contributed by atoms with van der Waals surface area (Å²) in [6.45, 7) is 0. The van der Waals surface area contributed by atoms with Crippen LogP contribution in [0.5, 0.6) is 0 Å². The molecule has 0 aliphatic carbocycles. The average Bonchev–Trinajstić information content (AvgIpc) is 2.47. The monoisotopic (exact) mass is 282 g/mol. The summed E-state index contributed by atoms with van der Waals surface area (Å²) in [6, 6.07) is 11.3. The minimum absolute atomic E-state index is 0.120. The van der Waals surface area contributed by atoms with E-state index >= 15 is 0 Å². The van der Waals surface area contributed by atoms with Gasteiger partial charge in [-0.15, -0.1) is 0 Å². The number of hydrogen-bond acceptors (Lipinski definition) is 2. The molecule has 2 aliphatic rings. The number of carbonyl (C=O) groups excluding carboxylic acids is 2. The van der Waals surface area contributed by atoms with Crippen LogP contribution >= 0.6 is 0 Å². The van der Waals surface area contributed by atoms with Crippen molar-refractivity contribution in [1.82, 2.24) is 10.6 Å². The predicted molar refractivity (Wildman–Crippen MR) is 70.3 cm³/mol. The summed E-state index contributed by atoms with van der Waals surface area (Å²) in [5.41, 5.74) is 1.71. The van der Waals surface area contributed by atoms with Crippen molar-refractivity contribution >= 4 is 11.8 Å². The predicted octanol–water partition coefficient (Wildman–Crippen LogP) is -1.28. The van der Waals surface area contributed by atoms with Gasteiger partial charge in [0.25, 0.3) is 0 Å². The van der Waals surface area contributed by atoms with Gasteiger partial charge in [0.05, 0.1) is 0 Å². The van der Waals surface area contributed by atoms with Crippen molar-refractivity contribution in [3.8, 4) is 0 Å². The minimum atomic E-state index is -1.10. The lowest BCUT2D eigenvalue weighted by Gasteiger charge is -2.31. The Morgan fingerprint density at radius 1 is 0.810 bits per heavy atom. The van der Waals surface area contributed by atoms with Crippen molar-refractivity contribution in [2.45, 2.75) is 18.8 Å². The second-order valence-electron chi connectivity index (χ2n) is 5.25. The summed E-state index contributed by atoms with van der Waals surface area (Å²) in [5.74, 6) is -1.34. The minimum Gasteiger partial charge on any atom is -0.274 e. The van der Waals surface area contributed by atoms with Gasteiger partial charge in [0.1, 0.15) is 12.8 Å². The zero-order valence-electron chi connectivity index (χ0n) is 11.2. The van der Waals surface area contributed by atoms with E-state index in [1.54, 1.807) is 0 Å². The molecule has 1 spiro atoms. The molecule has 104 valence electrons. The van der Waals surface area contributed by atoms with Gasteiger partial charge < -0.3 is 0 Å². The largest absolute Gasteiger partial charge is 0.543 e. The number of carbonyl (C=O) groups is 2. The molecular weight excluding hydrogens is 268 g/mol. The molecule has 21 heavy (non-hydrogen) atoms. The number of nitrogens with one attached hydrogen (secondary N) is 2. The van der Waals surface area contributed by atoms with Crippen LogP contribution < -0.4 is 19.8 Å². The van der Waals surface area contributed by atoms with Crippen LogP contribution in [-0.2, 0) is 28.3 Å². The second kappa shape index (κ2) is 4.12. The van der Waals surface area contributed by atoms with Gasteiger partial charge in [-0.25, -0.2) is 10.6 Å². The molecule has 0 saturated carbocycles. The zero-order valence-corrected chi connectivity index (χ0v) is 11.2. The van der Waals surface area contributed by atoms with Crippen LogP contribution in [0.4, 0.5) is 0 Å². The third kappa shape index (κ3) is 1.65. The number of pyridine rings is 2. The Morgan fingerprint density at radius 2 is 1.29 bits per heavy atom. The molecule has 0 atom stereocenters. The molecule has 0 unspecified atom stereocenters. The second-order valence-corrected chi connectivity index (χ2v) is 5.25. The average molecular weight is 282 g/mol. The fourth-order valence-corrected chi connectivity index (χ4v) is 3.07.